The highest BCUT2D eigenvalue weighted by Gasteiger charge is 1.99. The van der Waals surface area contributed by atoms with Crippen molar-refractivity contribution in [1.29, 1.82) is 0 Å². The third-order valence-corrected chi connectivity index (χ3v) is 2.84. The van der Waals surface area contributed by atoms with Gasteiger partial charge in [-0.25, -0.2) is 0 Å². The first kappa shape index (κ1) is 13.3. The summed E-state index contributed by atoms with van der Waals surface area (Å²) in [6, 6.07) is 15.4. The minimum absolute atomic E-state index is 0.254. The molecule has 2 aromatic carbocycles. The SMILES string of the molecule is CC(C)Cc1cccc(N=Cc2ccccc2O)c1. The van der Waals surface area contributed by atoms with Crippen LogP contribution in [0.4, 0.5) is 5.69 Å². The molecule has 2 nitrogen and oxygen atoms in total. The minimum atomic E-state index is 0.254. The van der Waals surface area contributed by atoms with E-state index in [9.17, 15) is 5.11 Å². The van der Waals surface area contributed by atoms with Gasteiger partial charge in [0.05, 0.1) is 5.69 Å². The van der Waals surface area contributed by atoms with Gasteiger partial charge in [0, 0.05) is 11.8 Å². The quantitative estimate of drug-likeness (QED) is 0.808. The number of phenolic OH excluding ortho intramolecular Hbond substituents is 1. The van der Waals surface area contributed by atoms with Gasteiger partial charge in [-0.3, -0.25) is 4.99 Å². The molecule has 1 N–H and O–H groups in total. The zero-order valence-electron chi connectivity index (χ0n) is 11.4. The molecule has 0 radical (unpaired) electrons. The summed E-state index contributed by atoms with van der Waals surface area (Å²) in [7, 11) is 0. The van der Waals surface area contributed by atoms with Crippen LogP contribution in [-0.2, 0) is 6.42 Å². The highest BCUT2D eigenvalue weighted by molar-refractivity contribution is 5.85. The number of nitrogens with zero attached hydrogens (tertiary/aromatic N) is 1. The molecule has 0 atom stereocenters. The number of para-hydroxylation sites is 1. The van der Waals surface area contributed by atoms with Gasteiger partial charge < -0.3 is 5.11 Å². The van der Waals surface area contributed by atoms with Crippen LogP contribution in [0.3, 0.4) is 0 Å². The zero-order valence-corrected chi connectivity index (χ0v) is 11.4. The largest absolute Gasteiger partial charge is 0.507 e. The van der Waals surface area contributed by atoms with E-state index in [1.807, 2.05) is 24.3 Å². The van der Waals surface area contributed by atoms with E-state index in [0.717, 1.165) is 17.7 Å². The fourth-order valence-corrected chi connectivity index (χ4v) is 1.98. The van der Waals surface area contributed by atoms with E-state index in [2.05, 4.69) is 31.0 Å². The van der Waals surface area contributed by atoms with Crippen molar-refractivity contribution in [2.75, 3.05) is 0 Å². The molecule has 0 amide bonds. The van der Waals surface area contributed by atoms with Gasteiger partial charge in [-0.2, -0.15) is 0 Å². The summed E-state index contributed by atoms with van der Waals surface area (Å²) < 4.78 is 0. The number of aromatic hydroxyl groups is 1. The summed E-state index contributed by atoms with van der Waals surface area (Å²) >= 11 is 0. The Morgan fingerprint density at radius 2 is 1.89 bits per heavy atom. The van der Waals surface area contributed by atoms with Crippen molar-refractivity contribution in [2.24, 2.45) is 10.9 Å². The lowest BCUT2D eigenvalue weighted by Gasteiger charge is -2.05. The van der Waals surface area contributed by atoms with Crippen molar-refractivity contribution in [3.63, 3.8) is 0 Å². The number of hydrogen-bond acceptors (Lipinski definition) is 2. The first-order valence-corrected chi connectivity index (χ1v) is 6.56. The molecular formula is C17H19NO. The van der Waals surface area contributed by atoms with Crippen LogP contribution in [0.15, 0.2) is 53.5 Å². The lowest BCUT2D eigenvalue weighted by Crippen LogP contribution is -1.93. The Kier molecular flexibility index (Phi) is 4.35. The molecule has 0 heterocycles. The van der Waals surface area contributed by atoms with Crippen molar-refractivity contribution in [3.8, 4) is 5.75 Å². The van der Waals surface area contributed by atoms with Crippen LogP contribution in [0.25, 0.3) is 0 Å². The molecule has 2 heteroatoms. The molecule has 0 saturated heterocycles. The van der Waals surface area contributed by atoms with Crippen molar-refractivity contribution in [2.45, 2.75) is 20.3 Å². The van der Waals surface area contributed by atoms with Crippen molar-refractivity contribution in [3.05, 3.63) is 59.7 Å². The molecule has 2 aromatic rings. The molecule has 0 aliphatic heterocycles. The van der Waals surface area contributed by atoms with E-state index in [0.29, 0.717) is 5.92 Å². The molecule has 0 saturated carbocycles. The van der Waals surface area contributed by atoms with E-state index < -0.39 is 0 Å². The van der Waals surface area contributed by atoms with Gasteiger partial charge in [0.1, 0.15) is 5.75 Å². The van der Waals surface area contributed by atoms with E-state index in [-0.39, 0.29) is 5.75 Å². The Morgan fingerprint density at radius 1 is 1.11 bits per heavy atom. The van der Waals surface area contributed by atoms with Crippen LogP contribution in [0.5, 0.6) is 5.75 Å². The third-order valence-electron chi connectivity index (χ3n) is 2.84. The van der Waals surface area contributed by atoms with Crippen LogP contribution in [-0.4, -0.2) is 11.3 Å². The Hall–Kier alpha value is -2.09. The van der Waals surface area contributed by atoms with Crippen LogP contribution in [0, 0.1) is 5.92 Å². The number of hydrogen-bond donors (Lipinski definition) is 1. The fraction of sp³-hybridized carbons (Fsp3) is 0.235. The first-order chi connectivity index (χ1) is 9.15. The molecule has 0 bridgehead atoms. The molecule has 0 fully saturated rings. The predicted octanol–water partition coefficient (Wildman–Crippen LogP) is 4.34. The second-order valence-corrected chi connectivity index (χ2v) is 5.08. The van der Waals surface area contributed by atoms with Crippen LogP contribution < -0.4 is 0 Å². The van der Waals surface area contributed by atoms with E-state index in [1.54, 1.807) is 18.3 Å². The molecule has 0 unspecified atom stereocenters. The highest BCUT2D eigenvalue weighted by Crippen LogP contribution is 2.18. The zero-order chi connectivity index (χ0) is 13.7. The average molecular weight is 253 g/mol. The molecular weight excluding hydrogens is 234 g/mol. The standard InChI is InChI=1S/C17H19NO/c1-13(2)10-14-6-5-8-16(11-14)18-12-15-7-3-4-9-17(15)19/h3-9,11-13,19H,10H2,1-2H3. The topological polar surface area (TPSA) is 32.6 Å². The monoisotopic (exact) mass is 253 g/mol. The summed E-state index contributed by atoms with van der Waals surface area (Å²) in [4.78, 5) is 4.42. The Balaban J connectivity index is 2.17. The number of phenols is 1. The number of benzene rings is 2. The van der Waals surface area contributed by atoms with Crippen LogP contribution in [0.1, 0.15) is 25.0 Å². The van der Waals surface area contributed by atoms with Gasteiger partial charge in [-0.1, -0.05) is 38.1 Å². The second-order valence-electron chi connectivity index (χ2n) is 5.08. The summed E-state index contributed by atoms with van der Waals surface area (Å²) in [6.07, 6.45) is 2.75. The normalized spacial score (nSPS) is 11.3. The first-order valence-electron chi connectivity index (χ1n) is 6.56. The van der Waals surface area contributed by atoms with Gasteiger partial charge in [0.15, 0.2) is 0 Å². The molecule has 2 rings (SSSR count). The molecule has 0 aromatic heterocycles. The second kappa shape index (κ2) is 6.19. The van der Waals surface area contributed by atoms with Crippen molar-refractivity contribution < 1.29 is 5.11 Å². The summed E-state index contributed by atoms with van der Waals surface area (Å²) in [5.74, 6) is 0.891. The minimum Gasteiger partial charge on any atom is -0.507 e. The van der Waals surface area contributed by atoms with Gasteiger partial charge in [-0.05, 0) is 42.2 Å². The van der Waals surface area contributed by atoms with Crippen LogP contribution >= 0.6 is 0 Å². The van der Waals surface area contributed by atoms with Gasteiger partial charge in [-0.15, -0.1) is 0 Å². The lowest BCUT2D eigenvalue weighted by atomic mass is 10.0. The van der Waals surface area contributed by atoms with Crippen molar-refractivity contribution in [1.82, 2.24) is 0 Å². The number of rotatable bonds is 4. The molecule has 19 heavy (non-hydrogen) atoms. The molecule has 0 spiro atoms. The maximum absolute atomic E-state index is 9.67. The highest BCUT2D eigenvalue weighted by atomic mass is 16.3. The third kappa shape index (κ3) is 3.95. The summed E-state index contributed by atoms with van der Waals surface area (Å²) in [5, 5.41) is 9.67. The Labute approximate surface area is 114 Å². The summed E-state index contributed by atoms with van der Waals surface area (Å²) in [6.45, 7) is 4.41. The van der Waals surface area contributed by atoms with Crippen molar-refractivity contribution >= 4 is 11.9 Å². The van der Waals surface area contributed by atoms with Gasteiger partial charge in [0.2, 0.25) is 0 Å². The fourth-order valence-electron chi connectivity index (χ4n) is 1.98. The number of aliphatic imine (C=N–C) groups is 1. The Morgan fingerprint density at radius 3 is 2.63 bits per heavy atom. The van der Waals surface area contributed by atoms with Gasteiger partial charge >= 0.3 is 0 Å². The van der Waals surface area contributed by atoms with Crippen LogP contribution in [0.2, 0.25) is 0 Å². The average Bonchev–Trinajstić information content (AvgIpc) is 2.37. The molecule has 0 aliphatic carbocycles. The van der Waals surface area contributed by atoms with E-state index >= 15 is 0 Å². The van der Waals surface area contributed by atoms with E-state index in [4.69, 9.17) is 0 Å². The maximum Gasteiger partial charge on any atom is 0.124 e. The smallest absolute Gasteiger partial charge is 0.124 e. The lowest BCUT2D eigenvalue weighted by molar-refractivity contribution is 0.474. The van der Waals surface area contributed by atoms with E-state index in [1.165, 1.54) is 5.56 Å². The maximum atomic E-state index is 9.67. The van der Waals surface area contributed by atoms with Gasteiger partial charge in [0.25, 0.3) is 0 Å². The molecule has 98 valence electrons. The Bertz CT molecular complexity index is 573. The summed E-state index contributed by atoms with van der Waals surface area (Å²) in [5.41, 5.74) is 2.94. The predicted molar refractivity (Wildman–Crippen MR) is 80.3 cm³/mol. The molecule has 0 aliphatic rings.